The molecule has 0 aromatic carbocycles. The maximum Gasteiger partial charge on any atom is 0.0403 e. The highest BCUT2D eigenvalue weighted by Crippen LogP contribution is 2.66. The van der Waals surface area contributed by atoms with Crippen molar-refractivity contribution in [2.45, 2.75) is 126 Å². The molecule has 4 fully saturated rings. The second-order valence-electron chi connectivity index (χ2n) is 14.1. The lowest BCUT2D eigenvalue weighted by Crippen LogP contribution is -2.49. The normalized spacial score (nSPS) is 43.2. The average Bonchev–Trinajstić information content (AvgIpc) is 3.47. The van der Waals surface area contributed by atoms with Gasteiger partial charge in [0.1, 0.15) is 0 Å². The summed E-state index contributed by atoms with van der Waals surface area (Å²) in [5, 5.41) is 6.39. The summed E-state index contributed by atoms with van der Waals surface area (Å²) in [5.41, 5.74) is 4.31. The van der Waals surface area contributed by atoms with Gasteiger partial charge in [-0.1, -0.05) is 66.7 Å². The topological polar surface area (TPSA) is 36.4 Å². The van der Waals surface area contributed by atoms with Gasteiger partial charge < -0.3 is 10.6 Å². The van der Waals surface area contributed by atoms with E-state index in [1.165, 1.54) is 76.5 Å². The number of hydrogen-bond donors (Lipinski definition) is 2. The molecule has 1 heterocycles. The summed E-state index contributed by atoms with van der Waals surface area (Å²) in [6, 6.07) is 0.693. The van der Waals surface area contributed by atoms with Crippen LogP contribution in [0.3, 0.4) is 0 Å². The van der Waals surface area contributed by atoms with Crippen molar-refractivity contribution in [3.8, 4) is 0 Å². The minimum Gasteiger partial charge on any atom is -0.394 e. The Morgan fingerprint density at radius 1 is 1.03 bits per heavy atom. The predicted octanol–water partition coefficient (Wildman–Crippen LogP) is 9.06. The fourth-order valence-electron chi connectivity index (χ4n) is 9.94. The third-order valence-electron chi connectivity index (χ3n) is 12.4. The van der Waals surface area contributed by atoms with E-state index < -0.39 is 0 Å². The van der Waals surface area contributed by atoms with Crippen LogP contribution in [0.15, 0.2) is 29.4 Å². The number of nitrogens with one attached hydrogen (secondary N) is 2. The number of allylic oxidation sites excluding steroid dienone is 2. The second-order valence-corrected chi connectivity index (χ2v) is 14.1. The molecule has 2 N–H and O–H groups in total. The number of aliphatic imine (C=N–C) groups is 1. The number of nitrogens with zero attached hydrogens (tertiary/aromatic N) is 1. The predicted molar refractivity (Wildman–Crippen MR) is 172 cm³/mol. The van der Waals surface area contributed by atoms with Crippen molar-refractivity contribution >= 4 is 5.71 Å². The summed E-state index contributed by atoms with van der Waals surface area (Å²) in [7, 11) is 1.81. The van der Waals surface area contributed by atoms with Gasteiger partial charge in [0.2, 0.25) is 0 Å². The van der Waals surface area contributed by atoms with Gasteiger partial charge in [0.15, 0.2) is 0 Å². The van der Waals surface area contributed by atoms with Crippen LogP contribution < -0.4 is 10.6 Å². The van der Waals surface area contributed by atoms with Crippen LogP contribution in [0.25, 0.3) is 0 Å². The number of hydrogen-bond acceptors (Lipinski definition) is 3. The molecule has 1 aliphatic heterocycles. The van der Waals surface area contributed by atoms with E-state index >= 15 is 0 Å². The zero-order valence-corrected chi connectivity index (χ0v) is 27.4. The number of fused-ring (bicyclic) bond motifs is 5. The van der Waals surface area contributed by atoms with E-state index in [1.54, 1.807) is 6.20 Å². The largest absolute Gasteiger partial charge is 0.394 e. The molecule has 1 saturated heterocycles. The molecular formula is C36H65N3. The third kappa shape index (κ3) is 6.54. The van der Waals surface area contributed by atoms with Gasteiger partial charge in [-0.2, -0.15) is 0 Å². The van der Waals surface area contributed by atoms with Crippen molar-refractivity contribution < 1.29 is 0 Å². The van der Waals surface area contributed by atoms with Gasteiger partial charge in [-0.25, -0.2) is 0 Å². The molecule has 5 rings (SSSR count). The summed E-state index contributed by atoms with van der Waals surface area (Å²) >= 11 is 0. The molecule has 0 amide bonds. The highest BCUT2D eigenvalue weighted by atomic mass is 15.0. The molecule has 3 nitrogen and oxygen atoms in total. The monoisotopic (exact) mass is 540 g/mol. The zero-order chi connectivity index (χ0) is 28.8. The molecule has 0 aromatic heterocycles. The van der Waals surface area contributed by atoms with Crippen molar-refractivity contribution in [3.05, 3.63) is 24.4 Å². The van der Waals surface area contributed by atoms with Crippen LogP contribution in [-0.2, 0) is 0 Å². The van der Waals surface area contributed by atoms with Gasteiger partial charge in [0, 0.05) is 31.3 Å². The Labute approximate surface area is 243 Å². The quantitative estimate of drug-likeness (QED) is 0.270. The Hall–Kier alpha value is -1.09. The fraction of sp³-hybridized carbons (Fsp3) is 0.861. The molecule has 0 spiro atoms. The Kier molecular flexibility index (Phi) is 11.8. The van der Waals surface area contributed by atoms with E-state index in [2.05, 4.69) is 64.8 Å². The van der Waals surface area contributed by atoms with Gasteiger partial charge in [-0.15, -0.1) is 0 Å². The standard InChI is InChI=1S/C31H52N2.C3H7N.C2H6/c1-20-12-16-30(5)25(22(20)3)9-7-8-24-27-11-10-26(31(27,6)17-13-28(24)30)23(4)32-19-15-29-21(2)14-18-33-29;1-3-4-2;1-2/h9,20-22,24,26-29,33H,7-8,10-19H2,1-6H3;3-4H,1H2,2H3;1-2H3. The van der Waals surface area contributed by atoms with E-state index in [0.29, 0.717) is 16.9 Å². The molecule has 3 heteroatoms. The minimum atomic E-state index is 0.473. The lowest BCUT2D eigenvalue weighted by Gasteiger charge is -2.56. The smallest absolute Gasteiger partial charge is 0.0403 e. The molecule has 0 aromatic rings. The first kappa shape index (κ1) is 32.4. The Morgan fingerprint density at radius 2 is 1.74 bits per heavy atom. The lowest BCUT2D eigenvalue weighted by molar-refractivity contribution is -0.0322. The number of rotatable bonds is 5. The van der Waals surface area contributed by atoms with Gasteiger partial charge >= 0.3 is 0 Å². The first-order valence-corrected chi connectivity index (χ1v) is 16.9. The summed E-state index contributed by atoms with van der Waals surface area (Å²) in [6.45, 7) is 24.8. The van der Waals surface area contributed by atoms with Crippen molar-refractivity contribution in [3.63, 3.8) is 0 Å². The first-order chi connectivity index (χ1) is 18.7. The van der Waals surface area contributed by atoms with Gasteiger partial charge in [-0.3, -0.25) is 4.99 Å². The molecule has 39 heavy (non-hydrogen) atoms. The Morgan fingerprint density at radius 3 is 2.38 bits per heavy atom. The zero-order valence-electron chi connectivity index (χ0n) is 27.4. The minimum absolute atomic E-state index is 0.473. The van der Waals surface area contributed by atoms with Crippen molar-refractivity contribution in [2.24, 2.45) is 57.2 Å². The maximum absolute atomic E-state index is 5.23. The summed E-state index contributed by atoms with van der Waals surface area (Å²) in [4.78, 5) is 5.23. The third-order valence-corrected chi connectivity index (χ3v) is 12.4. The molecule has 10 unspecified atom stereocenters. The van der Waals surface area contributed by atoms with Crippen molar-refractivity contribution in [1.29, 1.82) is 0 Å². The van der Waals surface area contributed by atoms with E-state index in [0.717, 1.165) is 48.0 Å². The SMILES string of the molecule is C=CNC.CC.CC(=NCCC1NCCC1C)C1CCC2C3CCC=C4C(C)C(C)CCC4(C)C3CCC12C. The highest BCUT2D eigenvalue weighted by molar-refractivity contribution is 5.85. The van der Waals surface area contributed by atoms with Crippen LogP contribution in [-0.4, -0.2) is 31.9 Å². The van der Waals surface area contributed by atoms with Crippen molar-refractivity contribution in [1.82, 2.24) is 10.6 Å². The van der Waals surface area contributed by atoms with Crippen LogP contribution in [0.2, 0.25) is 0 Å². The summed E-state index contributed by atoms with van der Waals surface area (Å²) in [5.74, 6) is 5.98. The molecule has 10 atom stereocenters. The molecule has 5 aliphatic rings. The second kappa shape index (κ2) is 14.2. The molecular weight excluding hydrogens is 474 g/mol. The van der Waals surface area contributed by atoms with Crippen LogP contribution >= 0.6 is 0 Å². The lowest BCUT2D eigenvalue weighted by atomic mass is 9.48. The van der Waals surface area contributed by atoms with E-state index in [1.807, 2.05) is 26.5 Å². The fourth-order valence-corrected chi connectivity index (χ4v) is 9.94. The van der Waals surface area contributed by atoms with E-state index in [9.17, 15) is 0 Å². The highest BCUT2D eigenvalue weighted by Gasteiger charge is 2.58. The van der Waals surface area contributed by atoms with Crippen LogP contribution in [0.5, 0.6) is 0 Å². The molecule has 0 radical (unpaired) electrons. The molecule has 4 aliphatic carbocycles. The summed E-state index contributed by atoms with van der Waals surface area (Å²) in [6.07, 6.45) is 18.3. The average molecular weight is 540 g/mol. The van der Waals surface area contributed by atoms with Crippen molar-refractivity contribution in [2.75, 3.05) is 20.1 Å². The van der Waals surface area contributed by atoms with E-state index in [4.69, 9.17) is 4.99 Å². The molecule has 3 saturated carbocycles. The summed E-state index contributed by atoms with van der Waals surface area (Å²) < 4.78 is 0. The van der Waals surface area contributed by atoms with Gasteiger partial charge in [0.05, 0.1) is 0 Å². The van der Waals surface area contributed by atoms with E-state index in [-0.39, 0.29) is 0 Å². The van der Waals surface area contributed by atoms with Gasteiger partial charge in [0.25, 0.3) is 0 Å². The van der Waals surface area contributed by atoms with Crippen LogP contribution in [0, 0.1) is 52.3 Å². The first-order valence-electron chi connectivity index (χ1n) is 16.9. The Balaban J connectivity index is 0.000000644. The maximum atomic E-state index is 5.23. The van der Waals surface area contributed by atoms with Crippen LogP contribution in [0.1, 0.15) is 120 Å². The van der Waals surface area contributed by atoms with Crippen LogP contribution in [0.4, 0.5) is 0 Å². The molecule has 0 bridgehead atoms. The Bertz CT molecular complexity index is 844. The molecule has 224 valence electrons. The van der Waals surface area contributed by atoms with Gasteiger partial charge in [-0.05, 0) is 130 Å².